The van der Waals surface area contributed by atoms with Crippen molar-refractivity contribution in [1.29, 1.82) is 0 Å². The summed E-state index contributed by atoms with van der Waals surface area (Å²) in [7, 11) is -1.64. The van der Waals surface area contributed by atoms with Gasteiger partial charge in [-0.2, -0.15) is 17.5 Å². The summed E-state index contributed by atoms with van der Waals surface area (Å²) in [6.45, 7) is 14.1. The minimum Gasteiger partial charge on any atom is -0.444 e. The molecular formula is C31H45N9O7S. The van der Waals surface area contributed by atoms with Crippen molar-refractivity contribution in [3.8, 4) is 11.4 Å². The van der Waals surface area contributed by atoms with Crippen LogP contribution < -0.4 is 15.4 Å². The van der Waals surface area contributed by atoms with E-state index in [9.17, 15) is 27.6 Å². The molecule has 2 fully saturated rings. The summed E-state index contributed by atoms with van der Waals surface area (Å²) in [5.41, 5.74) is -2.51. The molecule has 0 spiro atoms. The highest BCUT2D eigenvalue weighted by molar-refractivity contribution is 7.87. The molecule has 1 saturated carbocycles. The number of nitrogens with zero attached hydrogens (tertiary/aromatic N) is 6. The van der Waals surface area contributed by atoms with Crippen LogP contribution in [0.25, 0.3) is 11.4 Å². The van der Waals surface area contributed by atoms with E-state index < -0.39 is 74.6 Å². The molecule has 4 amide bonds. The Balaban J connectivity index is 1.67. The van der Waals surface area contributed by atoms with Crippen LogP contribution in [0.1, 0.15) is 60.4 Å². The molecule has 0 unspecified atom stereocenters. The Kier molecular flexibility index (Phi) is 10.1. The zero-order valence-corrected chi connectivity index (χ0v) is 29.4. The van der Waals surface area contributed by atoms with Crippen molar-refractivity contribution in [3.05, 3.63) is 43.0 Å². The summed E-state index contributed by atoms with van der Waals surface area (Å²) >= 11 is 0. The van der Waals surface area contributed by atoms with Gasteiger partial charge in [0.1, 0.15) is 23.2 Å². The molecule has 4 rings (SSSR count). The third-order valence-corrected chi connectivity index (χ3v) is 9.58. The zero-order valence-electron chi connectivity index (χ0n) is 28.6. The molecular weight excluding hydrogens is 642 g/mol. The number of rotatable bonds is 10. The summed E-state index contributed by atoms with van der Waals surface area (Å²) in [4.78, 5) is 57.3. The molecule has 1 aromatic carbocycles. The highest BCUT2D eigenvalue weighted by atomic mass is 32.2. The first kappa shape index (κ1) is 36.5. The molecule has 17 heteroatoms. The average Bonchev–Trinajstić information content (AvgIpc) is 3.29. The fraction of sp³-hybridized carbons (Fsp3) is 0.581. The number of alkyl carbamates (subject to hydrolysis) is 1. The summed E-state index contributed by atoms with van der Waals surface area (Å²) in [5, 5.41) is 18.3. The maximum atomic E-state index is 14.3. The number of ether oxygens (including phenoxy) is 1. The van der Waals surface area contributed by atoms with Crippen molar-refractivity contribution in [2.75, 3.05) is 20.6 Å². The van der Waals surface area contributed by atoms with Gasteiger partial charge in [-0.25, -0.2) is 9.52 Å². The van der Waals surface area contributed by atoms with Crippen LogP contribution in [0.4, 0.5) is 4.79 Å². The SMILES string of the molecule is C=C[C@@H]1C[C@]1(NC(=O)[C@@H]1C[C@@H](n2nnc(-c3ccccc3)n2)CN1C(=O)[C@@H](NC(=O)OC(C)(C)C)C(C)(C)C)C(=O)NS(=O)(=O)N(C)C. The maximum absolute atomic E-state index is 14.3. The number of tetrazole rings is 1. The number of benzene rings is 1. The maximum Gasteiger partial charge on any atom is 0.408 e. The number of aromatic nitrogens is 4. The van der Waals surface area contributed by atoms with Crippen LogP contribution in [0.3, 0.4) is 0 Å². The fourth-order valence-corrected chi connectivity index (χ4v) is 6.03. The van der Waals surface area contributed by atoms with Crippen LogP contribution in [-0.4, -0.2) is 106 Å². The number of carbonyl (C=O) groups is 4. The molecule has 2 heterocycles. The Morgan fingerprint density at radius 1 is 1.10 bits per heavy atom. The summed E-state index contributed by atoms with van der Waals surface area (Å²) < 4.78 is 33.2. The number of carbonyl (C=O) groups excluding carboxylic acids is 4. The van der Waals surface area contributed by atoms with Gasteiger partial charge >= 0.3 is 16.3 Å². The molecule has 2 aromatic rings. The standard InChI is InChI=1S/C31H45N9O7S/c1-10-20-17-31(20,27(43)36-48(45,46)38(8)9)33-25(41)22-16-21(40-35-24(34-37-40)19-14-12-11-13-15-19)18-39(22)26(42)23(29(2,3)4)32-28(44)47-30(5,6)7/h10-15,20-23H,1,16-18H2,2-9H3,(H,32,44)(H,33,41)(H,36,43)/t20-,21-,22+,23-,31-/m1/s1. The van der Waals surface area contributed by atoms with E-state index in [1.54, 1.807) is 41.5 Å². The van der Waals surface area contributed by atoms with Crippen molar-refractivity contribution < 1.29 is 32.3 Å². The Morgan fingerprint density at radius 3 is 2.29 bits per heavy atom. The molecule has 0 bridgehead atoms. The van der Waals surface area contributed by atoms with Gasteiger partial charge in [0.05, 0.1) is 6.04 Å². The van der Waals surface area contributed by atoms with Crippen LogP contribution in [-0.2, 0) is 29.3 Å². The Hall–Kier alpha value is -4.38. The molecule has 5 atom stereocenters. The predicted molar refractivity (Wildman–Crippen MR) is 175 cm³/mol. The second-order valence-electron chi connectivity index (χ2n) is 14.4. The lowest BCUT2D eigenvalue weighted by molar-refractivity contribution is -0.143. The minimum absolute atomic E-state index is 0.0246. The molecule has 262 valence electrons. The number of hydrogen-bond acceptors (Lipinski definition) is 10. The molecule has 1 aromatic heterocycles. The first-order chi connectivity index (χ1) is 22.2. The van der Waals surface area contributed by atoms with Gasteiger partial charge in [-0.15, -0.1) is 16.8 Å². The summed E-state index contributed by atoms with van der Waals surface area (Å²) in [6.07, 6.45) is 0.810. The monoisotopic (exact) mass is 687 g/mol. The van der Waals surface area contributed by atoms with Crippen molar-refractivity contribution in [2.45, 2.75) is 83.6 Å². The highest BCUT2D eigenvalue weighted by Crippen LogP contribution is 2.45. The summed E-state index contributed by atoms with van der Waals surface area (Å²) in [6, 6.07) is 6.30. The van der Waals surface area contributed by atoms with Crippen molar-refractivity contribution in [3.63, 3.8) is 0 Å². The van der Waals surface area contributed by atoms with Crippen LogP contribution in [0.5, 0.6) is 0 Å². The van der Waals surface area contributed by atoms with E-state index >= 15 is 0 Å². The number of nitrogens with one attached hydrogen (secondary N) is 3. The molecule has 16 nitrogen and oxygen atoms in total. The third kappa shape index (κ3) is 8.01. The largest absolute Gasteiger partial charge is 0.444 e. The van der Waals surface area contributed by atoms with E-state index in [4.69, 9.17) is 4.74 Å². The van der Waals surface area contributed by atoms with E-state index in [0.717, 1.165) is 9.87 Å². The Morgan fingerprint density at radius 2 is 1.75 bits per heavy atom. The lowest BCUT2D eigenvalue weighted by atomic mass is 9.85. The first-order valence-corrected chi connectivity index (χ1v) is 17.0. The lowest BCUT2D eigenvalue weighted by Crippen LogP contribution is -2.60. The topological polar surface area (TPSA) is 198 Å². The molecule has 3 N–H and O–H groups in total. The quantitative estimate of drug-likeness (QED) is 0.307. The van der Waals surface area contributed by atoms with E-state index in [-0.39, 0.29) is 19.4 Å². The van der Waals surface area contributed by atoms with Crippen LogP contribution in [0.15, 0.2) is 43.0 Å². The lowest BCUT2D eigenvalue weighted by Gasteiger charge is -2.36. The van der Waals surface area contributed by atoms with Crippen LogP contribution in [0, 0.1) is 11.3 Å². The Labute approximate surface area is 280 Å². The van der Waals surface area contributed by atoms with E-state index in [2.05, 4.69) is 32.6 Å². The number of amides is 4. The first-order valence-electron chi connectivity index (χ1n) is 15.5. The van der Waals surface area contributed by atoms with E-state index in [1.807, 2.05) is 35.1 Å². The number of hydrogen-bond donors (Lipinski definition) is 3. The summed E-state index contributed by atoms with van der Waals surface area (Å²) in [5.74, 6) is -2.39. The number of likely N-dealkylation sites (tertiary alicyclic amines) is 1. The van der Waals surface area contributed by atoms with Crippen LogP contribution in [0.2, 0.25) is 0 Å². The molecule has 1 saturated heterocycles. The van der Waals surface area contributed by atoms with Gasteiger partial charge in [-0.05, 0) is 37.8 Å². The highest BCUT2D eigenvalue weighted by Gasteiger charge is 2.61. The van der Waals surface area contributed by atoms with Crippen molar-refractivity contribution in [2.24, 2.45) is 11.3 Å². The van der Waals surface area contributed by atoms with Gasteiger partial charge in [-0.1, -0.05) is 57.2 Å². The second kappa shape index (κ2) is 13.3. The molecule has 0 radical (unpaired) electrons. The average molecular weight is 688 g/mol. The van der Waals surface area contributed by atoms with Gasteiger partial charge in [0.15, 0.2) is 0 Å². The van der Waals surface area contributed by atoms with Crippen molar-refractivity contribution in [1.82, 2.24) is 44.8 Å². The second-order valence-corrected chi connectivity index (χ2v) is 16.3. The van der Waals surface area contributed by atoms with E-state index in [0.29, 0.717) is 5.82 Å². The van der Waals surface area contributed by atoms with Gasteiger partial charge in [-0.3, -0.25) is 14.4 Å². The molecule has 1 aliphatic heterocycles. The van der Waals surface area contributed by atoms with Gasteiger partial charge < -0.3 is 20.3 Å². The Bertz CT molecular complexity index is 1660. The zero-order chi connectivity index (χ0) is 35.8. The molecule has 1 aliphatic carbocycles. The third-order valence-electron chi connectivity index (χ3n) is 8.18. The van der Waals surface area contributed by atoms with Gasteiger partial charge in [0, 0.05) is 38.5 Å². The normalized spacial score (nSPS) is 23.3. The fourth-order valence-electron chi connectivity index (χ4n) is 5.43. The molecule has 2 aliphatic rings. The predicted octanol–water partition coefficient (Wildman–Crippen LogP) is 1.41. The molecule has 48 heavy (non-hydrogen) atoms. The van der Waals surface area contributed by atoms with E-state index in [1.165, 1.54) is 29.9 Å². The van der Waals surface area contributed by atoms with Crippen molar-refractivity contribution >= 4 is 34.0 Å². The smallest absolute Gasteiger partial charge is 0.408 e. The van der Waals surface area contributed by atoms with Gasteiger partial charge in [0.25, 0.3) is 5.91 Å². The van der Waals surface area contributed by atoms with Crippen LogP contribution >= 0.6 is 0 Å². The van der Waals surface area contributed by atoms with Gasteiger partial charge in [0.2, 0.25) is 17.6 Å². The minimum atomic E-state index is -4.16.